The molecule has 0 unspecified atom stereocenters. The Kier molecular flexibility index (Phi) is 3.13. The molecule has 0 amide bonds. The van der Waals surface area contributed by atoms with Crippen LogP contribution < -0.4 is 11.0 Å². The zero-order valence-corrected chi connectivity index (χ0v) is 10.2. The van der Waals surface area contributed by atoms with Crippen molar-refractivity contribution in [3.05, 3.63) is 42.5 Å². The van der Waals surface area contributed by atoms with Gasteiger partial charge in [-0.25, -0.2) is 0 Å². The number of para-hydroxylation sites is 1. The molecule has 0 radical (unpaired) electrons. The lowest BCUT2D eigenvalue weighted by Gasteiger charge is -2.09. The van der Waals surface area contributed by atoms with Crippen LogP contribution >= 0.6 is 7.60 Å². The molecule has 0 saturated carbocycles. The number of nitrogen functional groups attached to an aromatic ring is 1. The number of anilines is 1. The van der Waals surface area contributed by atoms with Crippen molar-refractivity contribution in [1.29, 1.82) is 0 Å². The topological polar surface area (TPSA) is 104 Å². The molecule has 5 nitrogen and oxygen atoms in total. The van der Waals surface area contributed by atoms with E-state index in [0.29, 0.717) is 11.1 Å². The van der Waals surface area contributed by atoms with Crippen LogP contribution in [0.2, 0.25) is 0 Å². The molecule has 0 aromatic heterocycles. The van der Waals surface area contributed by atoms with Gasteiger partial charge in [0.05, 0.1) is 11.0 Å². The van der Waals surface area contributed by atoms with E-state index in [1.54, 1.807) is 24.3 Å². The second kappa shape index (κ2) is 4.46. The second-order valence-electron chi connectivity index (χ2n) is 3.84. The first-order chi connectivity index (χ1) is 8.39. The van der Waals surface area contributed by atoms with Gasteiger partial charge in [-0.1, -0.05) is 24.3 Å². The molecule has 0 aliphatic rings. The molecule has 0 saturated heterocycles. The number of hydrogen-bond donors (Lipinski definition) is 4. The molecule has 94 valence electrons. The summed E-state index contributed by atoms with van der Waals surface area (Å²) in [5.41, 5.74) is 6.73. The molecule has 0 heterocycles. The third-order valence-electron chi connectivity index (χ3n) is 2.56. The molecule has 0 atom stereocenters. The third kappa shape index (κ3) is 2.38. The van der Waals surface area contributed by atoms with Gasteiger partial charge in [-0.05, 0) is 23.8 Å². The molecule has 0 fully saturated rings. The van der Waals surface area contributed by atoms with Crippen molar-refractivity contribution in [1.82, 2.24) is 0 Å². The SMILES string of the molecule is Nc1cccc(-c2cccc(P(=O)(O)O)c2)c1O. The Morgan fingerprint density at radius 1 is 1.06 bits per heavy atom. The van der Waals surface area contributed by atoms with E-state index in [0.717, 1.165) is 0 Å². The van der Waals surface area contributed by atoms with Crippen molar-refractivity contribution in [3.63, 3.8) is 0 Å². The highest BCUT2D eigenvalue weighted by Gasteiger charge is 2.18. The maximum Gasteiger partial charge on any atom is 0.356 e. The average molecular weight is 265 g/mol. The Balaban J connectivity index is 2.59. The van der Waals surface area contributed by atoms with E-state index >= 15 is 0 Å². The van der Waals surface area contributed by atoms with E-state index in [2.05, 4.69) is 0 Å². The van der Waals surface area contributed by atoms with Crippen LogP contribution in [0.5, 0.6) is 5.75 Å². The highest BCUT2D eigenvalue weighted by Crippen LogP contribution is 2.37. The van der Waals surface area contributed by atoms with Crippen molar-refractivity contribution < 1.29 is 19.5 Å². The van der Waals surface area contributed by atoms with Crippen LogP contribution in [0.4, 0.5) is 5.69 Å². The summed E-state index contributed by atoms with van der Waals surface area (Å²) in [6.07, 6.45) is 0. The van der Waals surface area contributed by atoms with Gasteiger partial charge < -0.3 is 20.6 Å². The Bertz CT molecular complexity index is 636. The molecule has 0 bridgehead atoms. The molecule has 5 N–H and O–H groups in total. The van der Waals surface area contributed by atoms with Gasteiger partial charge in [-0.3, -0.25) is 4.57 Å². The van der Waals surface area contributed by atoms with E-state index in [1.165, 1.54) is 18.2 Å². The van der Waals surface area contributed by atoms with Gasteiger partial charge >= 0.3 is 7.60 Å². The Morgan fingerprint density at radius 2 is 1.72 bits per heavy atom. The molecule has 2 rings (SSSR count). The molecule has 0 spiro atoms. The van der Waals surface area contributed by atoms with Gasteiger partial charge in [0, 0.05) is 5.56 Å². The van der Waals surface area contributed by atoms with Crippen LogP contribution in [0.3, 0.4) is 0 Å². The monoisotopic (exact) mass is 265 g/mol. The lowest BCUT2D eigenvalue weighted by molar-refractivity contribution is 0.387. The molecule has 6 heteroatoms. The van der Waals surface area contributed by atoms with E-state index < -0.39 is 7.60 Å². The minimum Gasteiger partial charge on any atom is -0.505 e. The summed E-state index contributed by atoms with van der Waals surface area (Å²) in [7, 11) is -4.31. The highest BCUT2D eigenvalue weighted by molar-refractivity contribution is 7.60. The summed E-state index contributed by atoms with van der Waals surface area (Å²) in [5, 5.41) is 9.73. The normalized spacial score (nSPS) is 11.4. The number of rotatable bonds is 2. The van der Waals surface area contributed by atoms with Crippen molar-refractivity contribution in [2.75, 3.05) is 5.73 Å². The van der Waals surface area contributed by atoms with Crippen LogP contribution in [0.25, 0.3) is 11.1 Å². The molecular weight excluding hydrogens is 253 g/mol. The standard InChI is InChI=1S/C12H12NO4P/c13-11-6-2-5-10(12(11)14)8-3-1-4-9(7-8)18(15,16)17/h1-7,14H,13H2,(H2,15,16,17). The van der Waals surface area contributed by atoms with E-state index in [4.69, 9.17) is 15.5 Å². The minimum absolute atomic E-state index is 0.0955. The maximum atomic E-state index is 11.2. The maximum absolute atomic E-state index is 11.2. The summed E-state index contributed by atoms with van der Waals surface area (Å²) in [6, 6.07) is 10.7. The first-order valence-corrected chi connectivity index (χ1v) is 6.75. The van der Waals surface area contributed by atoms with Crippen molar-refractivity contribution in [2.24, 2.45) is 0 Å². The van der Waals surface area contributed by atoms with Crippen LogP contribution in [-0.4, -0.2) is 14.9 Å². The van der Waals surface area contributed by atoms with Gasteiger partial charge in [-0.2, -0.15) is 0 Å². The molecule has 2 aromatic carbocycles. The summed E-state index contributed by atoms with van der Waals surface area (Å²) in [5.74, 6) is -0.0969. The van der Waals surface area contributed by atoms with Crippen LogP contribution in [0, 0.1) is 0 Å². The number of benzene rings is 2. The fourth-order valence-electron chi connectivity index (χ4n) is 1.65. The first kappa shape index (κ1) is 12.6. The van der Waals surface area contributed by atoms with Gasteiger partial charge in [0.25, 0.3) is 0 Å². The van der Waals surface area contributed by atoms with Crippen LogP contribution in [0.1, 0.15) is 0 Å². The number of phenolic OH excluding ortho intramolecular Hbond substituents is 1. The lowest BCUT2D eigenvalue weighted by atomic mass is 10.0. The number of aromatic hydroxyl groups is 1. The third-order valence-corrected chi connectivity index (χ3v) is 3.51. The molecular formula is C12H12NO4P. The molecule has 2 aromatic rings. The van der Waals surface area contributed by atoms with E-state index in [9.17, 15) is 9.67 Å². The highest BCUT2D eigenvalue weighted by atomic mass is 31.2. The van der Waals surface area contributed by atoms with Crippen molar-refractivity contribution >= 4 is 18.6 Å². The van der Waals surface area contributed by atoms with Gasteiger partial charge in [-0.15, -0.1) is 0 Å². The number of phenols is 1. The predicted octanol–water partition coefficient (Wildman–Crippen LogP) is 1.44. The fraction of sp³-hybridized carbons (Fsp3) is 0. The smallest absolute Gasteiger partial charge is 0.356 e. The Labute approximate surface area is 104 Å². The zero-order valence-electron chi connectivity index (χ0n) is 9.32. The summed E-state index contributed by atoms with van der Waals surface area (Å²) in [6.45, 7) is 0. The van der Waals surface area contributed by atoms with Crippen molar-refractivity contribution in [2.45, 2.75) is 0 Å². The van der Waals surface area contributed by atoms with Crippen molar-refractivity contribution in [3.8, 4) is 16.9 Å². The van der Waals surface area contributed by atoms with Gasteiger partial charge in [0.15, 0.2) is 0 Å². The van der Waals surface area contributed by atoms with Gasteiger partial charge in [0.2, 0.25) is 0 Å². The number of nitrogens with two attached hydrogens (primary N) is 1. The quantitative estimate of drug-likeness (QED) is 0.374. The van der Waals surface area contributed by atoms with E-state index in [-0.39, 0.29) is 16.7 Å². The Hall–Kier alpha value is -1.81. The summed E-state index contributed by atoms with van der Waals surface area (Å²) < 4.78 is 11.2. The average Bonchev–Trinajstić information content (AvgIpc) is 2.32. The van der Waals surface area contributed by atoms with E-state index in [1.807, 2.05) is 0 Å². The summed E-state index contributed by atoms with van der Waals surface area (Å²) >= 11 is 0. The largest absolute Gasteiger partial charge is 0.505 e. The predicted molar refractivity (Wildman–Crippen MR) is 69.6 cm³/mol. The molecule has 0 aliphatic carbocycles. The summed E-state index contributed by atoms with van der Waals surface area (Å²) in [4.78, 5) is 18.2. The van der Waals surface area contributed by atoms with Gasteiger partial charge in [0.1, 0.15) is 5.75 Å². The second-order valence-corrected chi connectivity index (χ2v) is 5.44. The van der Waals surface area contributed by atoms with Crippen LogP contribution in [0.15, 0.2) is 42.5 Å². The lowest BCUT2D eigenvalue weighted by Crippen LogP contribution is -2.03. The zero-order chi connectivity index (χ0) is 13.3. The van der Waals surface area contributed by atoms with Crippen LogP contribution in [-0.2, 0) is 4.57 Å². The minimum atomic E-state index is -4.31. The molecule has 0 aliphatic heterocycles. The molecule has 18 heavy (non-hydrogen) atoms. The number of hydrogen-bond acceptors (Lipinski definition) is 3. The Morgan fingerprint density at radius 3 is 2.39 bits per heavy atom. The fourth-order valence-corrected chi connectivity index (χ4v) is 2.24. The first-order valence-electron chi connectivity index (χ1n) is 5.13.